The molecule has 0 saturated carbocycles. The first-order chi connectivity index (χ1) is 8.58. The van der Waals surface area contributed by atoms with Gasteiger partial charge in [0, 0.05) is 24.3 Å². The fourth-order valence-electron chi connectivity index (χ4n) is 2.65. The lowest BCUT2D eigenvalue weighted by molar-refractivity contribution is 0.199. The van der Waals surface area contributed by atoms with E-state index in [1.54, 1.807) is 13.0 Å². The number of aliphatic hydroxyl groups is 1. The fourth-order valence-corrected chi connectivity index (χ4v) is 2.65. The van der Waals surface area contributed by atoms with E-state index >= 15 is 0 Å². The van der Waals surface area contributed by atoms with Crippen LogP contribution in [0.3, 0.4) is 0 Å². The molecule has 1 fully saturated rings. The minimum Gasteiger partial charge on any atom is -0.389 e. The molecule has 0 bridgehead atoms. The maximum atomic E-state index is 13.3. The highest BCUT2D eigenvalue weighted by molar-refractivity contribution is 5.54. The zero-order valence-electron chi connectivity index (χ0n) is 11.2. The molecule has 2 rings (SSSR count). The Labute approximate surface area is 108 Å². The lowest BCUT2D eigenvalue weighted by Crippen LogP contribution is -2.25. The summed E-state index contributed by atoms with van der Waals surface area (Å²) in [5, 5.41) is 9.79. The van der Waals surface area contributed by atoms with Crippen molar-refractivity contribution in [1.82, 2.24) is 0 Å². The normalized spacial score (nSPS) is 22.7. The average Bonchev–Trinajstić information content (AvgIpc) is 2.54. The summed E-state index contributed by atoms with van der Waals surface area (Å²) in [7, 11) is 0. The zero-order valence-corrected chi connectivity index (χ0v) is 11.2. The van der Waals surface area contributed by atoms with Crippen molar-refractivity contribution in [2.24, 2.45) is 5.92 Å². The van der Waals surface area contributed by atoms with Crippen molar-refractivity contribution in [3.63, 3.8) is 0 Å². The fraction of sp³-hybridized carbons (Fsp3) is 0.600. The molecule has 0 amide bonds. The molecule has 2 nitrogen and oxygen atoms in total. The number of hydrogen-bond donors (Lipinski definition) is 1. The molecule has 1 heterocycles. The number of halogens is 1. The van der Waals surface area contributed by atoms with Crippen LogP contribution in [0.4, 0.5) is 10.1 Å². The highest BCUT2D eigenvalue weighted by Crippen LogP contribution is 2.30. The lowest BCUT2D eigenvalue weighted by Gasteiger charge is -2.26. The number of rotatable bonds is 2. The molecule has 100 valence electrons. The zero-order chi connectivity index (χ0) is 13.1. The predicted octanol–water partition coefficient (Wildman–Crippen LogP) is 3.51. The summed E-state index contributed by atoms with van der Waals surface area (Å²) < 4.78 is 13.3. The van der Waals surface area contributed by atoms with Crippen LogP contribution in [0.1, 0.15) is 44.8 Å². The Morgan fingerprint density at radius 2 is 2.11 bits per heavy atom. The third kappa shape index (κ3) is 3.02. The van der Waals surface area contributed by atoms with E-state index in [1.165, 1.54) is 18.6 Å². The van der Waals surface area contributed by atoms with Crippen LogP contribution in [0.2, 0.25) is 0 Å². The van der Waals surface area contributed by atoms with E-state index in [2.05, 4.69) is 11.8 Å². The Morgan fingerprint density at radius 3 is 2.83 bits per heavy atom. The first kappa shape index (κ1) is 13.3. The van der Waals surface area contributed by atoms with Crippen LogP contribution in [0, 0.1) is 11.7 Å². The first-order valence-electron chi connectivity index (χ1n) is 6.80. The van der Waals surface area contributed by atoms with E-state index in [9.17, 15) is 9.50 Å². The van der Waals surface area contributed by atoms with Gasteiger partial charge in [-0.05, 0) is 50.3 Å². The van der Waals surface area contributed by atoms with Crippen molar-refractivity contribution in [3.8, 4) is 0 Å². The van der Waals surface area contributed by atoms with Crippen molar-refractivity contribution in [1.29, 1.82) is 0 Å². The third-order valence-electron chi connectivity index (χ3n) is 3.80. The molecule has 2 atom stereocenters. The monoisotopic (exact) mass is 251 g/mol. The van der Waals surface area contributed by atoms with Gasteiger partial charge in [0.15, 0.2) is 0 Å². The summed E-state index contributed by atoms with van der Waals surface area (Å²) in [6.45, 7) is 5.96. The molecule has 0 spiro atoms. The Bertz CT molecular complexity index is 405. The summed E-state index contributed by atoms with van der Waals surface area (Å²) in [6.07, 6.45) is 2.95. The van der Waals surface area contributed by atoms with E-state index in [0.29, 0.717) is 5.56 Å². The smallest absolute Gasteiger partial charge is 0.123 e. The molecular formula is C15H22FNO. The van der Waals surface area contributed by atoms with E-state index in [4.69, 9.17) is 0 Å². The molecule has 0 aliphatic carbocycles. The Kier molecular flexibility index (Phi) is 4.23. The van der Waals surface area contributed by atoms with E-state index in [-0.39, 0.29) is 5.82 Å². The van der Waals surface area contributed by atoms with Gasteiger partial charge in [-0.3, -0.25) is 0 Å². The number of anilines is 1. The molecule has 0 aromatic heterocycles. The van der Waals surface area contributed by atoms with Gasteiger partial charge in [0.2, 0.25) is 0 Å². The number of hydrogen-bond acceptors (Lipinski definition) is 2. The van der Waals surface area contributed by atoms with Crippen molar-refractivity contribution < 1.29 is 9.50 Å². The van der Waals surface area contributed by atoms with Gasteiger partial charge in [0.1, 0.15) is 5.82 Å². The molecule has 1 N–H and O–H groups in total. The molecule has 1 aromatic carbocycles. The van der Waals surface area contributed by atoms with Gasteiger partial charge in [0.25, 0.3) is 0 Å². The summed E-state index contributed by atoms with van der Waals surface area (Å²) in [5.74, 6) is 0.475. The van der Waals surface area contributed by atoms with Gasteiger partial charge < -0.3 is 10.0 Å². The van der Waals surface area contributed by atoms with Crippen LogP contribution >= 0.6 is 0 Å². The molecule has 18 heavy (non-hydrogen) atoms. The Balaban J connectivity index is 2.26. The largest absolute Gasteiger partial charge is 0.389 e. The SMILES string of the molecule is CC1CCCN(c2ccc(F)cc2C(C)O)CC1. The maximum absolute atomic E-state index is 13.3. The van der Waals surface area contributed by atoms with Gasteiger partial charge in [-0.2, -0.15) is 0 Å². The van der Waals surface area contributed by atoms with Gasteiger partial charge in [-0.25, -0.2) is 4.39 Å². The van der Waals surface area contributed by atoms with Gasteiger partial charge in [0.05, 0.1) is 6.10 Å². The predicted molar refractivity (Wildman–Crippen MR) is 72.3 cm³/mol. The second-order valence-corrected chi connectivity index (χ2v) is 5.40. The Morgan fingerprint density at radius 1 is 1.33 bits per heavy atom. The highest BCUT2D eigenvalue weighted by atomic mass is 19.1. The van der Waals surface area contributed by atoms with E-state index in [0.717, 1.165) is 37.5 Å². The molecule has 1 saturated heterocycles. The Hall–Kier alpha value is -1.09. The molecule has 1 aliphatic heterocycles. The summed E-state index contributed by atoms with van der Waals surface area (Å²) in [4.78, 5) is 2.28. The minimum absolute atomic E-state index is 0.280. The maximum Gasteiger partial charge on any atom is 0.123 e. The van der Waals surface area contributed by atoms with Gasteiger partial charge in [-0.1, -0.05) is 6.92 Å². The molecule has 3 heteroatoms. The molecule has 1 aromatic rings. The molecule has 0 radical (unpaired) electrons. The average molecular weight is 251 g/mol. The number of aliphatic hydroxyl groups excluding tert-OH is 1. The molecule has 1 aliphatic rings. The van der Waals surface area contributed by atoms with Crippen LogP contribution in [0.5, 0.6) is 0 Å². The highest BCUT2D eigenvalue weighted by Gasteiger charge is 2.18. The second kappa shape index (κ2) is 5.70. The van der Waals surface area contributed by atoms with E-state index in [1.807, 2.05) is 0 Å². The van der Waals surface area contributed by atoms with E-state index < -0.39 is 6.10 Å². The quantitative estimate of drug-likeness (QED) is 0.869. The third-order valence-corrected chi connectivity index (χ3v) is 3.80. The summed E-state index contributed by atoms with van der Waals surface area (Å²) in [6, 6.07) is 4.73. The van der Waals surface area contributed by atoms with Crippen molar-refractivity contribution in [3.05, 3.63) is 29.6 Å². The van der Waals surface area contributed by atoms with Crippen LogP contribution < -0.4 is 4.90 Å². The van der Waals surface area contributed by atoms with Crippen LogP contribution in [-0.2, 0) is 0 Å². The standard InChI is InChI=1S/C15H22FNO/c1-11-4-3-8-17(9-7-11)15-6-5-13(16)10-14(15)12(2)18/h5-6,10-12,18H,3-4,7-9H2,1-2H3. The molecule has 2 unspecified atom stereocenters. The first-order valence-corrected chi connectivity index (χ1v) is 6.80. The summed E-state index contributed by atoms with van der Waals surface area (Å²) >= 11 is 0. The second-order valence-electron chi connectivity index (χ2n) is 5.40. The van der Waals surface area contributed by atoms with Gasteiger partial charge >= 0.3 is 0 Å². The number of nitrogens with zero attached hydrogens (tertiary/aromatic N) is 1. The van der Waals surface area contributed by atoms with Crippen LogP contribution in [0.25, 0.3) is 0 Å². The molecular weight excluding hydrogens is 229 g/mol. The minimum atomic E-state index is -0.628. The van der Waals surface area contributed by atoms with Crippen LogP contribution in [0.15, 0.2) is 18.2 Å². The van der Waals surface area contributed by atoms with Crippen molar-refractivity contribution in [2.75, 3.05) is 18.0 Å². The summed E-state index contributed by atoms with van der Waals surface area (Å²) in [5.41, 5.74) is 1.69. The van der Waals surface area contributed by atoms with Gasteiger partial charge in [-0.15, -0.1) is 0 Å². The lowest BCUT2D eigenvalue weighted by atomic mass is 10.0. The van der Waals surface area contributed by atoms with Crippen LogP contribution in [-0.4, -0.2) is 18.2 Å². The van der Waals surface area contributed by atoms with Crippen molar-refractivity contribution >= 4 is 5.69 Å². The number of benzene rings is 1. The van der Waals surface area contributed by atoms with Crippen molar-refractivity contribution in [2.45, 2.75) is 39.2 Å². The topological polar surface area (TPSA) is 23.5 Å².